The number of esters is 1. The fraction of sp³-hybridized carbons (Fsp3) is 0.520. The first kappa shape index (κ1) is 22.1. The van der Waals surface area contributed by atoms with Crippen molar-refractivity contribution in [3.05, 3.63) is 47.2 Å². The molecule has 0 bridgehead atoms. The molecule has 1 aromatic heterocycles. The van der Waals surface area contributed by atoms with Gasteiger partial charge in [0.1, 0.15) is 6.54 Å². The van der Waals surface area contributed by atoms with E-state index in [9.17, 15) is 9.59 Å². The second kappa shape index (κ2) is 9.50. The monoisotopic (exact) mass is 410 g/mol. The number of carbonyl (C=O) groups excluding carboxylic acids is 2. The molecule has 1 aliphatic rings. The molecule has 0 aliphatic heterocycles. The predicted octanol–water partition coefficient (Wildman–Crippen LogP) is 4.89. The molecular weight excluding hydrogens is 376 g/mol. The van der Waals surface area contributed by atoms with Crippen LogP contribution in [0.1, 0.15) is 61.6 Å². The highest BCUT2D eigenvalue weighted by Gasteiger charge is 2.29. The lowest BCUT2D eigenvalue weighted by molar-refractivity contribution is -0.123. The molecule has 2 aromatic rings. The molecule has 0 radical (unpaired) electrons. The van der Waals surface area contributed by atoms with E-state index in [0.29, 0.717) is 24.0 Å². The maximum Gasteiger partial charge on any atom is 0.340 e. The summed E-state index contributed by atoms with van der Waals surface area (Å²) >= 11 is 0. The number of ether oxygens (including phenoxy) is 1. The number of hydrogen-bond donors (Lipinski definition) is 1. The van der Waals surface area contributed by atoms with E-state index < -0.39 is 0 Å². The van der Waals surface area contributed by atoms with Crippen LogP contribution in [0.15, 0.2) is 30.3 Å². The van der Waals surface area contributed by atoms with Gasteiger partial charge in [-0.3, -0.25) is 4.79 Å². The van der Waals surface area contributed by atoms with Gasteiger partial charge in [-0.25, -0.2) is 4.79 Å². The Morgan fingerprint density at radius 2 is 1.83 bits per heavy atom. The van der Waals surface area contributed by atoms with Gasteiger partial charge in [0.15, 0.2) is 0 Å². The lowest BCUT2D eigenvalue weighted by atomic mass is 9.78. The van der Waals surface area contributed by atoms with E-state index in [-0.39, 0.29) is 24.5 Å². The smallest absolute Gasteiger partial charge is 0.340 e. The van der Waals surface area contributed by atoms with Crippen molar-refractivity contribution in [1.82, 2.24) is 9.88 Å². The van der Waals surface area contributed by atoms with Crippen molar-refractivity contribution in [3.63, 3.8) is 0 Å². The van der Waals surface area contributed by atoms with Crippen molar-refractivity contribution < 1.29 is 14.3 Å². The van der Waals surface area contributed by atoms with Crippen LogP contribution in [0.25, 0.3) is 11.3 Å². The Morgan fingerprint density at radius 3 is 2.50 bits per heavy atom. The second-order valence-corrected chi connectivity index (χ2v) is 8.55. The molecule has 5 nitrogen and oxygen atoms in total. The third kappa shape index (κ3) is 4.45. The molecule has 1 heterocycles. The summed E-state index contributed by atoms with van der Waals surface area (Å²) in [4.78, 5) is 25.7. The lowest BCUT2D eigenvalue weighted by Crippen LogP contribution is -2.44. The Labute approximate surface area is 179 Å². The Hall–Kier alpha value is -2.56. The average molecular weight is 411 g/mol. The van der Waals surface area contributed by atoms with Gasteiger partial charge in [0, 0.05) is 11.7 Å². The number of nitrogens with zero attached hydrogens (tertiary/aromatic N) is 1. The van der Waals surface area contributed by atoms with Gasteiger partial charge < -0.3 is 14.6 Å². The van der Waals surface area contributed by atoms with Crippen LogP contribution in [-0.2, 0) is 16.1 Å². The van der Waals surface area contributed by atoms with Crippen LogP contribution >= 0.6 is 0 Å². The van der Waals surface area contributed by atoms with E-state index in [1.165, 1.54) is 6.42 Å². The van der Waals surface area contributed by atoms with Gasteiger partial charge in [-0.2, -0.15) is 0 Å². The summed E-state index contributed by atoms with van der Waals surface area (Å²) in [6, 6.07) is 10.1. The first-order valence-corrected chi connectivity index (χ1v) is 11.1. The van der Waals surface area contributed by atoms with Gasteiger partial charge in [-0.1, -0.05) is 57.0 Å². The molecular formula is C25H34N2O3. The zero-order valence-electron chi connectivity index (χ0n) is 18.8. The Bertz CT molecular complexity index is 901. The van der Waals surface area contributed by atoms with Crippen LogP contribution in [0.3, 0.4) is 0 Å². The molecule has 1 fully saturated rings. The number of nitrogens with one attached hydrogen (secondary N) is 1. The van der Waals surface area contributed by atoms with E-state index in [2.05, 4.69) is 19.2 Å². The number of hydrogen-bond acceptors (Lipinski definition) is 3. The predicted molar refractivity (Wildman–Crippen MR) is 119 cm³/mol. The molecule has 0 spiro atoms. The van der Waals surface area contributed by atoms with Crippen molar-refractivity contribution in [3.8, 4) is 11.3 Å². The number of amides is 1. The van der Waals surface area contributed by atoms with E-state index >= 15 is 0 Å². The Morgan fingerprint density at radius 1 is 1.13 bits per heavy atom. The number of aromatic nitrogens is 1. The van der Waals surface area contributed by atoms with Gasteiger partial charge in [0.25, 0.3) is 0 Å². The molecule has 3 rings (SSSR count). The fourth-order valence-corrected chi connectivity index (χ4v) is 4.75. The second-order valence-electron chi connectivity index (χ2n) is 8.55. The number of rotatable bonds is 6. The highest BCUT2D eigenvalue weighted by molar-refractivity contribution is 5.95. The highest BCUT2D eigenvalue weighted by atomic mass is 16.5. The summed E-state index contributed by atoms with van der Waals surface area (Å²) in [7, 11) is 0. The molecule has 5 heteroatoms. The normalized spacial score (nSPS) is 21.3. The largest absolute Gasteiger partial charge is 0.462 e. The molecule has 0 unspecified atom stereocenters. The molecule has 30 heavy (non-hydrogen) atoms. The van der Waals surface area contributed by atoms with Gasteiger partial charge in [-0.05, 0) is 50.2 Å². The Balaban J connectivity index is 1.93. The first-order chi connectivity index (χ1) is 14.3. The summed E-state index contributed by atoms with van der Waals surface area (Å²) in [6.45, 7) is 10.6. The van der Waals surface area contributed by atoms with Gasteiger partial charge >= 0.3 is 5.97 Å². The zero-order valence-corrected chi connectivity index (χ0v) is 18.8. The van der Waals surface area contributed by atoms with Crippen LogP contribution in [-0.4, -0.2) is 29.1 Å². The van der Waals surface area contributed by atoms with Crippen LogP contribution < -0.4 is 5.32 Å². The van der Waals surface area contributed by atoms with Crippen molar-refractivity contribution in [2.24, 2.45) is 11.8 Å². The van der Waals surface area contributed by atoms with E-state index in [0.717, 1.165) is 35.4 Å². The standard InChI is InChI=1S/C25H34N2O3/c1-6-30-25(29)23-18(4)24(20-12-8-7-9-13-20)27(19(23)5)15-22(28)26-21-14-10-11-16(2)17(21)3/h7-9,12-13,16-17,21H,6,10-11,14-15H2,1-5H3,(H,26,28)/t16-,17+,21-/m1/s1. The molecule has 3 atom stereocenters. The highest BCUT2D eigenvalue weighted by Crippen LogP contribution is 2.32. The van der Waals surface area contributed by atoms with Crippen molar-refractivity contribution in [1.29, 1.82) is 0 Å². The Kier molecular flexibility index (Phi) is 7.01. The maximum absolute atomic E-state index is 13.0. The summed E-state index contributed by atoms with van der Waals surface area (Å²) in [6.07, 6.45) is 3.41. The van der Waals surface area contributed by atoms with Crippen molar-refractivity contribution in [2.75, 3.05) is 6.61 Å². The molecule has 1 N–H and O–H groups in total. The molecule has 162 valence electrons. The molecule has 1 saturated carbocycles. The maximum atomic E-state index is 13.0. The first-order valence-electron chi connectivity index (χ1n) is 11.1. The average Bonchev–Trinajstić information content (AvgIpc) is 2.96. The molecule has 1 amide bonds. The molecule has 1 aliphatic carbocycles. The minimum atomic E-state index is -0.335. The van der Waals surface area contributed by atoms with Crippen LogP contribution in [0.4, 0.5) is 0 Å². The third-order valence-electron chi connectivity index (χ3n) is 6.65. The fourth-order valence-electron chi connectivity index (χ4n) is 4.75. The third-order valence-corrected chi connectivity index (χ3v) is 6.65. The zero-order chi connectivity index (χ0) is 21.8. The van der Waals surface area contributed by atoms with Crippen LogP contribution in [0, 0.1) is 25.7 Å². The van der Waals surface area contributed by atoms with Crippen LogP contribution in [0.2, 0.25) is 0 Å². The van der Waals surface area contributed by atoms with E-state index in [1.807, 2.05) is 48.7 Å². The van der Waals surface area contributed by atoms with Crippen molar-refractivity contribution in [2.45, 2.75) is 66.5 Å². The lowest BCUT2D eigenvalue weighted by Gasteiger charge is -2.34. The van der Waals surface area contributed by atoms with Crippen molar-refractivity contribution >= 4 is 11.9 Å². The summed E-state index contributed by atoms with van der Waals surface area (Å²) in [5.41, 5.74) is 4.07. The topological polar surface area (TPSA) is 60.3 Å². The van der Waals surface area contributed by atoms with Gasteiger partial charge in [0.05, 0.1) is 17.9 Å². The number of carbonyl (C=O) groups is 2. The summed E-state index contributed by atoms with van der Waals surface area (Å²) in [5, 5.41) is 3.26. The van der Waals surface area contributed by atoms with E-state index in [4.69, 9.17) is 4.74 Å². The van der Waals surface area contributed by atoms with E-state index in [1.54, 1.807) is 6.92 Å². The van der Waals surface area contributed by atoms with Crippen LogP contribution in [0.5, 0.6) is 0 Å². The quantitative estimate of drug-likeness (QED) is 0.690. The minimum Gasteiger partial charge on any atom is -0.462 e. The minimum absolute atomic E-state index is 0.00774. The summed E-state index contributed by atoms with van der Waals surface area (Å²) in [5.74, 6) is 0.749. The molecule has 1 aromatic carbocycles. The number of benzene rings is 1. The summed E-state index contributed by atoms with van der Waals surface area (Å²) < 4.78 is 7.25. The SMILES string of the molecule is CCOC(=O)c1c(C)c(-c2ccccc2)n(CC(=O)N[C@@H]2CCC[C@@H](C)[C@@H]2C)c1C. The molecule has 0 saturated heterocycles. The van der Waals surface area contributed by atoms with Gasteiger partial charge in [0.2, 0.25) is 5.91 Å². The van der Waals surface area contributed by atoms with Gasteiger partial charge in [-0.15, -0.1) is 0 Å².